The largest absolute Gasteiger partial charge is 0.309 e. The molecule has 7 nitrogen and oxygen atoms in total. The van der Waals surface area contributed by atoms with Crippen LogP contribution >= 0.6 is 11.6 Å². The minimum atomic E-state index is -0.679. The summed E-state index contributed by atoms with van der Waals surface area (Å²) in [6.07, 6.45) is 1.57. The number of halogens is 1. The maximum atomic E-state index is 11.8. The van der Waals surface area contributed by atoms with Crippen molar-refractivity contribution in [3.63, 3.8) is 0 Å². The van der Waals surface area contributed by atoms with E-state index in [-0.39, 0.29) is 17.4 Å². The molecular formula is C14H18ClN5O2. The van der Waals surface area contributed by atoms with Crippen LogP contribution in [0, 0.1) is 6.92 Å². The van der Waals surface area contributed by atoms with E-state index in [4.69, 9.17) is 11.6 Å². The van der Waals surface area contributed by atoms with E-state index in [0.29, 0.717) is 23.6 Å². The molecule has 1 amide bonds. The van der Waals surface area contributed by atoms with Gasteiger partial charge in [0.05, 0.1) is 5.69 Å². The predicted molar refractivity (Wildman–Crippen MR) is 84.7 cm³/mol. The lowest BCUT2D eigenvalue weighted by molar-refractivity contribution is -0.115. The Labute approximate surface area is 132 Å². The van der Waals surface area contributed by atoms with Crippen LogP contribution in [0.3, 0.4) is 0 Å². The van der Waals surface area contributed by atoms with Crippen LogP contribution in [-0.2, 0) is 11.2 Å². The third-order valence-electron chi connectivity index (χ3n) is 2.93. The Hall–Kier alpha value is -2.15. The fraction of sp³-hybridized carbons (Fsp3) is 0.429. The zero-order chi connectivity index (χ0) is 16.3. The topological polar surface area (TPSA) is 92.7 Å². The molecule has 0 aromatic carbocycles. The van der Waals surface area contributed by atoms with Crippen LogP contribution in [0.25, 0.3) is 5.95 Å². The maximum absolute atomic E-state index is 11.8. The smallest absolute Gasteiger partial charge is 0.252 e. The second kappa shape index (κ2) is 6.74. The Morgan fingerprint density at radius 1 is 1.50 bits per heavy atom. The highest BCUT2D eigenvalue weighted by atomic mass is 35.5. The lowest BCUT2D eigenvalue weighted by Crippen LogP contribution is -2.23. The predicted octanol–water partition coefficient (Wildman–Crippen LogP) is 1.78. The molecule has 2 rings (SSSR count). The number of carbonyl (C=O) groups is 1. The molecule has 8 heteroatoms. The van der Waals surface area contributed by atoms with E-state index in [0.717, 1.165) is 6.42 Å². The van der Waals surface area contributed by atoms with Crippen LogP contribution in [0.15, 0.2) is 16.9 Å². The van der Waals surface area contributed by atoms with Gasteiger partial charge in [-0.1, -0.05) is 13.3 Å². The third kappa shape index (κ3) is 3.73. The first-order valence-electron chi connectivity index (χ1n) is 7.03. The van der Waals surface area contributed by atoms with E-state index >= 15 is 0 Å². The van der Waals surface area contributed by atoms with E-state index in [2.05, 4.69) is 20.4 Å². The zero-order valence-corrected chi connectivity index (χ0v) is 13.4. The highest BCUT2D eigenvalue weighted by Gasteiger charge is 2.16. The molecule has 1 atom stereocenters. The SMILES string of the molecule is CCCc1cc(=O)[nH]c(-n2nc(C)cc2NC(=O)C(C)Cl)n1. The highest BCUT2D eigenvalue weighted by Crippen LogP contribution is 2.15. The second-order valence-corrected chi connectivity index (χ2v) is 5.65. The van der Waals surface area contributed by atoms with Crippen molar-refractivity contribution in [2.75, 3.05) is 5.32 Å². The van der Waals surface area contributed by atoms with Gasteiger partial charge in [-0.3, -0.25) is 14.6 Å². The van der Waals surface area contributed by atoms with Crippen molar-refractivity contribution in [3.8, 4) is 5.95 Å². The Kier molecular flexibility index (Phi) is 4.97. The van der Waals surface area contributed by atoms with E-state index in [1.165, 1.54) is 10.7 Å². The fourth-order valence-corrected chi connectivity index (χ4v) is 2.01. The summed E-state index contributed by atoms with van der Waals surface area (Å²) in [5, 5.41) is 6.25. The Morgan fingerprint density at radius 2 is 2.23 bits per heavy atom. The second-order valence-electron chi connectivity index (χ2n) is 5.00. The van der Waals surface area contributed by atoms with E-state index in [1.807, 2.05) is 6.92 Å². The highest BCUT2D eigenvalue weighted by molar-refractivity contribution is 6.32. The number of anilines is 1. The molecule has 2 N–H and O–H groups in total. The number of amides is 1. The molecule has 0 aliphatic heterocycles. The molecule has 0 aliphatic carbocycles. The molecule has 0 spiro atoms. The third-order valence-corrected chi connectivity index (χ3v) is 3.13. The summed E-state index contributed by atoms with van der Waals surface area (Å²) < 4.78 is 1.40. The number of aromatic amines is 1. The van der Waals surface area contributed by atoms with Crippen LogP contribution < -0.4 is 10.9 Å². The summed E-state index contributed by atoms with van der Waals surface area (Å²) in [4.78, 5) is 30.5. The van der Waals surface area contributed by atoms with Crippen molar-refractivity contribution >= 4 is 23.3 Å². The number of hydrogen-bond acceptors (Lipinski definition) is 4. The molecule has 0 bridgehead atoms. The van der Waals surface area contributed by atoms with Gasteiger partial charge in [-0.2, -0.15) is 9.78 Å². The van der Waals surface area contributed by atoms with Gasteiger partial charge in [-0.15, -0.1) is 11.6 Å². The number of alkyl halides is 1. The van der Waals surface area contributed by atoms with E-state index in [1.54, 1.807) is 19.9 Å². The molecule has 0 aliphatic rings. The Bertz CT molecular complexity index is 735. The summed E-state index contributed by atoms with van der Waals surface area (Å²) in [7, 11) is 0. The molecule has 1 unspecified atom stereocenters. The molecule has 118 valence electrons. The van der Waals surface area contributed by atoms with Gasteiger partial charge < -0.3 is 5.32 Å². The molecule has 0 fully saturated rings. The van der Waals surface area contributed by atoms with Crippen molar-refractivity contribution in [2.24, 2.45) is 0 Å². The van der Waals surface area contributed by atoms with Crippen molar-refractivity contribution in [1.29, 1.82) is 0 Å². The van der Waals surface area contributed by atoms with Gasteiger partial charge in [0.15, 0.2) is 0 Å². The molecule has 2 heterocycles. The van der Waals surface area contributed by atoms with Gasteiger partial charge >= 0.3 is 0 Å². The monoisotopic (exact) mass is 323 g/mol. The van der Waals surface area contributed by atoms with Gasteiger partial charge in [0.25, 0.3) is 5.56 Å². The Morgan fingerprint density at radius 3 is 2.86 bits per heavy atom. The molecule has 2 aromatic rings. The first kappa shape index (κ1) is 16.2. The van der Waals surface area contributed by atoms with Gasteiger partial charge in [0.2, 0.25) is 11.9 Å². The number of carbonyl (C=O) groups excluding carboxylic acids is 1. The molecule has 0 radical (unpaired) electrons. The number of hydrogen-bond donors (Lipinski definition) is 2. The zero-order valence-electron chi connectivity index (χ0n) is 12.7. The number of rotatable bonds is 5. The molecule has 0 saturated carbocycles. The molecule has 0 saturated heterocycles. The molecule has 22 heavy (non-hydrogen) atoms. The number of nitrogens with one attached hydrogen (secondary N) is 2. The number of aromatic nitrogens is 4. The average molecular weight is 324 g/mol. The van der Waals surface area contributed by atoms with Crippen molar-refractivity contribution in [1.82, 2.24) is 19.7 Å². The average Bonchev–Trinajstić information content (AvgIpc) is 2.79. The standard InChI is InChI=1S/C14H18ClN5O2/c1-4-5-10-7-12(21)18-14(16-10)20-11(6-8(2)19-20)17-13(22)9(3)15/h6-7,9H,4-5H2,1-3H3,(H,17,22)(H,16,18,21). The van der Waals surface area contributed by atoms with Crippen LogP contribution in [-0.4, -0.2) is 31.0 Å². The first-order valence-corrected chi connectivity index (χ1v) is 7.46. The summed E-state index contributed by atoms with van der Waals surface area (Å²) in [6, 6.07) is 3.14. The van der Waals surface area contributed by atoms with Gasteiger partial charge in [-0.05, 0) is 20.3 Å². The summed E-state index contributed by atoms with van der Waals surface area (Å²) in [5.41, 5.74) is 1.10. The lowest BCUT2D eigenvalue weighted by Gasteiger charge is -2.09. The summed E-state index contributed by atoms with van der Waals surface area (Å²) in [5.74, 6) is 0.322. The quantitative estimate of drug-likeness (QED) is 0.820. The van der Waals surface area contributed by atoms with Crippen LogP contribution in [0.1, 0.15) is 31.7 Å². The first-order chi connectivity index (χ1) is 10.4. The maximum Gasteiger partial charge on any atom is 0.252 e. The van der Waals surface area contributed by atoms with E-state index in [9.17, 15) is 9.59 Å². The fourth-order valence-electron chi connectivity index (χ4n) is 1.95. The Balaban J connectivity index is 2.44. The van der Waals surface area contributed by atoms with Crippen molar-refractivity contribution in [2.45, 2.75) is 39.0 Å². The van der Waals surface area contributed by atoms with Gasteiger partial charge in [0.1, 0.15) is 11.2 Å². The summed E-state index contributed by atoms with van der Waals surface area (Å²) in [6.45, 7) is 5.37. The minimum Gasteiger partial charge on any atom is -0.309 e. The summed E-state index contributed by atoms with van der Waals surface area (Å²) >= 11 is 5.76. The minimum absolute atomic E-state index is 0.260. The van der Waals surface area contributed by atoms with Gasteiger partial charge in [-0.25, -0.2) is 4.98 Å². The number of H-pyrrole nitrogens is 1. The van der Waals surface area contributed by atoms with Crippen LogP contribution in [0.2, 0.25) is 0 Å². The van der Waals surface area contributed by atoms with Crippen LogP contribution in [0.4, 0.5) is 5.82 Å². The molecular weight excluding hydrogens is 306 g/mol. The normalized spacial score (nSPS) is 12.2. The van der Waals surface area contributed by atoms with Crippen LogP contribution in [0.5, 0.6) is 0 Å². The molecule has 2 aromatic heterocycles. The lowest BCUT2D eigenvalue weighted by atomic mass is 10.2. The number of aryl methyl sites for hydroxylation is 2. The number of nitrogens with zero attached hydrogens (tertiary/aromatic N) is 3. The van der Waals surface area contributed by atoms with Crippen molar-refractivity contribution < 1.29 is 4.79 Å². The van der Waals surface area contributed by atoms with Crippen molar-refractivity contribution in [3.05, 3.63) is 33.9 Å². The van der Waals surface area contributed by atoms with Gasteiger partial charge in [0, 0.05) is 17.8 Å². The van der Waals surface area contributed by atoms with E-state index < -0.39 is 5.38 Å².